The third kappa shape index (κ3) is 5.00. The fourth-order valence-electron chi connectivity index (χ4n) is 2.23. The second-order valence-corrected chi connectivity index (χ2v) is 6.25. The number of nitrogens with one attached hydrogen (secondary N) is 2. The Morgan fingerprint density at radius 2 is 1.86 bits per heavy atom. The first-order valence-electron chi connectivity index (χ1n) is 7.43. The zero-order valence-corrected chi connectivity index (χ0v) is 14.5. The first-order valence-corrected chi connectivity index (χ1v) is 8.21. The molecule has 0 aliphatic carbocycles. The van der Waals surface area contributed by atoms with E-state index in [-0.39, 0.29) is 0 Å². The van der Waals surface area contributed by atoms with Crippen molar-refractivity contribution >= 4 is 34.6 Å². The summed E-state index contributed by atoms with van der Waals surface area (Å²) in [5.74, 6) is 0. The van der Waals surface area contributed by atoms with E-state index in [4.69, 9.17) is 23.8 Å². The molecule has 0 heterocycles. The lowest BCUT2D eigenvalue weighted by Gasteiger charge is -2.18. The molecule has 0 fully saturated rings. The largest absolute Gasteiger partial charge is 0.360 e. The van der Waals surface area contributed by atoms with E-state index in [1.165, 1.54) is 5.56 Å². The van der Waals surface area contributed by atoms with Crippen LogP contribution in [0.4, 0.5) is 5.69 Å². The molecule has 116 valence electrons. The molecule has 2 aromatic rings. The number of anilines is 1. The Morgan fingerprint density at radius 1 is 1.14 bits per heavy atom. The highest BCUT2D eigenvalue weighted by Crippen LogP contribution is 2.22. The maximum absolute atomic E-state index is 6.12. The molecule has 0 saturated carbocycles. The smallest absolute Gasteiger partial charge is 0.170 e. The van der Waals surface area contributed by atoms with Crippen molar-refractivity contribution in [3.05, 3.63) is 64.7 Å². The Hall–Kier alpha value is -1.58. The van der Waals surface area contributed by atoms with Crippen molar-refractivity contribution in [3.63, 3.8) is 0 Å². The topological polar surface area (TPSA) is 24.1 Å². The molecule has 0 amide bonds. The van der Waals surface area contributed by atoms with Crippen LogP contribution in [0.1, 0.15) is 24.5 Å². The van der Waals surface area contributed by atoms with Crippen molar-refractivity contribution in [2.45, 2.75) is 32.7 Å². The van der Waals surface area contributed by atoms with Crippen molar-refractivity contribution in [1.29, 1.82) is 0 Å². The lowest BCUT2D eigenvalue weighted by molar-refractivity contribution is 0.609. The summed E-state index contributed by atoms with van der Waals surface area (Å²) >= 11 is 11.5. The van der Waals surface area contributed by atoms with Gasteiger partial charge in [-0.1, -0.05) is 48.0 Å². The van der Waals surface area contributed by atoms with Crippen LogP contribution in [0.5, 0.6) is 0 Å². The van der Waals surface area contributed by atoms with Gasteiger partial charge in [0.2, 0.25) is 0 Å². The zero-order valence-electron chi connectivity index (χ0n) is 12.9. The van der Waals surface area contributed by atoms with Gasteiger partial charge >= 0.3 is 0 Å². The van der Waals surface area contributed by atoms with Crippen molar-refractivity contribution in [3.8, 4) is 0 Å². The highest BCUT2D eigenvalue weighted by atomic mass is 35.5. The van der Waals surface area contributed by atoms with Gasteiger partial charge in [-0.3, -0.25) is 0 Å². The molecule has 0 aromatic heterocycles. The van der Waals surface area contributed by atoms with E-state index in [1.54, 1.807) is 0 Å². The molecular formula is C18H21ClN2S. The maximum Gasteiger partial charge on any atom is 0.170 e. The molecule has 2 nitrogen and oxygen atoms in total. The van der Waals surface area contributed by atoms with Crippen LogP contribution in [-0.4, -0.2) is 11.2 Å². The van der Waals surface area contributed by atoms with Gasteiger partial charge in [-0.15, -0.1) is 0 Å². The zero-order chi connectivity index (χ0) is 15.9. The van der Waals surface area contributed by atoms with Gasteiger partial charge in [0.15, 0.2) is 5.11 Å². The van der Waals surface area contributed by atoms with Gasteiger partial charge in [0.25, 0.3) is 0 Å². The van der Waals surface area contributed by atoms with E-state index < -0.39 is 0 Å². The van der Waals surface area contributed by atoms with Gasteiger partial charge in [-0.25, -0.2) is 0 Å². The predicted octanol–water partition coefficient (Wildman–Crippen LogP) is 4.96. The van der Waals surface area contributed by atoms with Gasteiger partial charge < -0.3 is 10.6 Å². The molecular weight excluding hydrogens is 312 g/mol. The van der Waals surface area contributed by atoms with Crippen molar-refractivity contribution in [2.24, 2.45) is 0 Å². The fraction of sp³-hybridized carbons (Fsp3) is 0.278. The van der Waals surface area contributed by atoms with Crippen LogP contribution in [0.2, 0.25) is 5.02 Å². The van der Waals surface area contributed by atoms with Crippen LogP contribution in [0, 0.1) is 6.92 Å². The van der Waals surface area contributed by atoms with Crippen LogP contribution in [-0.2, 0) is 6.42 Å². The molecule has 0 aliphatic rings. The molecule has 0 bridgehead atoms. The van der Waals surface area contributed by atoms with Gasteiger partial charge in [0, 0.05) is 16.8 Å². The number of halogens is 1. The molecule has 0 aliphatic heterocycles. The maximum atomic E-state index is 6.12. The number of aryl methyl sites for hydroxylation is 1. The summed E-state index contributed by atoms with van der Waals surface area (Å²) in [6.07, 6.45) is 2.06. The Bertz CT molecular complexity index is 628. The lowest BCUT2D eigenvalue weighted by atomic mass is 10.1. The standard InChI is InChI=1S/C18H21ClN2S/c1-13(11-12-15-7-4-3-5-8-15)20-18(22)21-17-10-6-9-16(19)14(17)2/h3-10,13H,11-12H2,1-2H3,(H2,20,21,22)/t13-/m1/s1. The third-order valence-corrected chi connectivity index (χ3v) is 4.23. The van der Waals surface area contributed by atoms with Crippen molar-refractivity contribution < 1.29 is 0 Å². The highest BCUT2D eigenvalue weighted by molar-refractivity contribution is 7.80. The third-order valence-electron chi connectivity index (χ3n) is 3.60. The quantitative estimate of drug-likeness (QED) is 0.757. The summed E-state index contributed by atoms with van der Waals surface area (Å²) in [5, 5.41) is 7.91. The number of hydrogen-bond acceptors (Lipinski definition) is 1. The molecule has 0 saturated heterocycles. The highest BCUT2D eigenvalue weighted by Gasteiger charge is 2.07. The van der Waals surface area contributed by atoms with E-state index in [0.717, 1.165) is 29.1 Å². The van der Waals surface area contributed by atoms with E-state index in [1.807, 2.05) is 31.2 Å². The van der Waals surface area contributed by atoms with Gasteiger partial charge in [0.05, 0.1) is 0 Å². The molecule has 2 rings (SSSR count). The number of hydrogen-bond donors (Lipinski definition) is 2. The SMILES string of the molecule is Cc1c(Cl)cccc1NC(=S)N[C@H](C)CCc1ccccc1. The van der Waals surface area contributed by atoms with Crippen molar-refractivity contribution in [2.75, 3.05) is 5.32 Å². The van der Waals surface area contributed by atoms with Crippen LogP contribution in [0.15, 0.2) is 48.5 Å². The average Bonchev–Trinajstić information content (AvgIpc) is 2.51. The Balaban J connectivity index is 1.82. The summed E-state index contributed by atoms with van der Waals surface area (Å²) in [7, 11) is 0. The minimum absolute atomic E-state index is 0.305. The van der Waals surface area contributed by atoms with Crippen molar-refractivity contribution in [1.82, 2.24) is 5.32 Å². The molecule has 1 atom stereocenters. The van der Waals surface area contributed by atoms with Gasteiger partial charge in [-0.05, 0) is 62.2 Å². The van der Waals surface area contributed by atoms with E-state index in [9.17, 15) is 0 Å². The number of thiocarbonyl (C=S) groups is 1. The summed E-state index contributed by atoms with van der Waals surface area (Å²) in [6, 6.07) is 16.6. The summed E-state index contributed by atoms with van der Waals surface area (Å²) in [4.78, 5) is 0. The second kappa shape index (κ2) is 8.16. The molecule has 0 spiro atoms. The first-order chi connectivity index (χ1) is 10.6. The normalized spacial score (nSPS) is 11.8. The second-order valence-electron chi connectivity index (χ2n) is 5.44. The van der Waals surface area contributed by atoms with E-state index >= 15 is 0 Å². The molecule has 2 aromatic carbocycles. The van der Waals surface area contributed by atoms with Crippen LogP contribution in [0.25, 0.3) is 0 Å². The first kappa shape index (κ1) is 16.8. The number of rotatable bonds is 5. The predicted molar refractivity (Wildman–Crippen MR) is 99.8 cm³/mol. The van der Waals surface area contributed by atoms with Gasteiger partial charge in [-0.2, -0.15) is 0 Å². The Kier molecular flexibility index (Phi) is 6.22. The molecule has 0 radical (unpaired) electrons. The Morgan fingerprint density at radius 3 is 2.59 bits per heavy atom. The minimum atomic E-state index is 0.305. The van der Waals surface area contributed by atoms with Crippen LogP contribution >= 0.6 is 23.8 Å². The minimum Gasteiger partial charge on any atom is -0.360 e. The summed E-state index contributed by atoms with van der Waals surface area (Å²) in [6.45, 7) is 4.12. The van der Waals surface area contributed by atoms with Crippen LogP contribution in [0.3, 0.4) is 0 Å². The molecule has 0 unspecified atom stereocenters. The number of benzene rings is 2. The fourth-order valence-corrected chi connectivity index (χ4v) is 2.71. The van der Waals surface area contributed by atoms with E-state index in [2.05, 4.69) is 41.8 Å². The summed E-state index contributed by atoms with van der Waals surface area (Å²) < 4.78 is 0. The lowest BCUT2D eigenvalue weighted by Crippen LogP contribution is -2.36. The Labute approximate surface area is 142 Å². The van der Waals surface area contributed by atoms with E-state index in [0.29, 0.717) is 11.2 Å². The molecule has 4 heteroatoms. The molecule has 2 N–H and O–H groups in total. The van der Waals surface area contributed by atoms with Gasteiger partial charge in [0.1, 0.15) is 0 Å². The summed E-state index contributed by atoms with van der Waals surface area (Å²) in [5.41, 5.74) is 3.30. The monoisotopic (exact) mass is 332 g/mol. The average molecular weight is 333 g/mol. The molecule has 22 heavy (non-hydrogen) atoms. The van der Waals surface area contributed by atoms with Crippen LogP contribution < -0.4 is 10.6 Å².